The molecule has 2 bridgehead atoms. The van der Waals surface area contributed by atoms with E-state index in [0.29, 0.717) is 0 Å². The Labute approximate surface area is 185 Å². The largest absolute Gasteiger partial charge is 0.462 e. The topological polar surface area (TPSA) is 52.6 Å². The Hall–Kier alpha value is -2.36. The van der Waals surface area contributed by atoms with Crippen LogP contribution in [0, 0.1) is 30.6 Å². The summed E-state index contributed by atoms with van der Waals surface area (Å²) < 4.78 is 11.8. The van der Waals surface area contributed by atoms with Crippen molar-refractivity contribution in [1.29, 1.82) is 0 Å². The summed E-state index contributed by atoms with van der Waals surface area (Å²) in [6.45, 7) is 9.92. The Kier molecular flexibility index (Phi) is 5.85. The third kappa shape index (κ3) is 4.35. The van der Waals surface area contributed by atoms with Crippen molar-refractivity contribution in [3.63, 3.8) is 0 Å². The van der Waals surface area contributed by atoms with Gasteiger partial charge in [-0.25, -0.2) is 0 Å². The van der Waals surface area contributed by atoms with Crippen LogP contribution in [0.3, 0.4) is 0 Å². The quantitative estimate of drug-likeness (QED) is 0.541. The van der Waals surface area contributed by atoms with Gasteiger partial charge in [0.2, 0.25) is 0 Å². The molecule has 5 atom stereocenters. The van der Waals surface area contributed by atoms with Crippen molar-refractivity contribution in [2.45, 2.75) is 72.0 Å². The molecule has 0 N–H and O–H groups in total. The first-order valence-corrected chi connectivity index (χ1v) is 11.6. The summed E-state index contributed by atoms with van der Waals surface area (Å²) in [7, 11) is 0. The van der Waals surface area contributed by atoms with Gasteiger partial charge >= 0.3 is 11.9 Å². The van der Waals surface area contributed by atoms with Crippen molar-refractivity contribution in [3.8, 4) is 0 Å². The van der Waals surface area contributed by atoms with Crippen molar-refractivity contribution in [2.75, 3.05) is 0 Å². The van der Waals surface area contributed by atoms with Gasteiger partial charge in [0.05, 0.1) is 11.8 Å². The number of hydrogen-bond donors (Lipinski definition) is 0. The highest BCUT2D eigenvalue weighted by atomic mass is 16.6. The number of benzene rings is 2. The zero-order valence-electron chi connectivity index (χ0n) is 19.3. The number of esters is 2. The lowest BCUT2D eigenvalue weighted by Crippen LogP contribution is -2.35. The molecule has 2 aliphatic rings. The van der Waals surface area contributed by atoms with Crippen molar-refractivity contribution in [3.05, 3.63) is 47.5 Å². The van der Waals surface area contributed by atoms with Crippen LogP contribution in [0.15, 0.2) is 36.4 Å². The smallest absolute Gasteiger partial charge is 0.310 e. The molecule has 0 amide bonds. The number of rotatable bonds is 6. The lowest BCUT2D eigenvalue weighted by Gasteiger charge is -2.31. The summed E-state index contributed by atoms with van der Waals surface area (Å²) in [4.78, 5) is 25.3. The Morgan fingerprint density at radius 3 is 2.42 bits per heavy atom. The van der Waals surface area contributed by atoms with E-state index in [2.05, 4.69) is 43.3 Å². The van der Waals surface area contributed by atoms with Gasteiger partial charge in [-0.2, -0.15) is 0 Å². The van der Waals surface area contributed by atoms with Gasteiger partial charge in [-0.1, -0.05) is 49.7 Å². The molecular formula is C27H34O4. The van der Waals surface area contributed by atoms with E-state index in [1.54, 1.807) is 0 Å². The van der Waals surface area contributed by atoms with Crippen molar-refractivity contribution in [1.82, 2.24) is 0 Å². The minimum Gasteiger partial charge on any atom is -0.462 e. The second kappa shape index (κ2) is 8.29. The molecule has 0 aromatic heterocycles. The maximum absolute atomic E-state index is 13.1. The molecule has 2 aromatic carbocycles. The van der Waals surface area contributed by atoms with Gasteiger partial charge in [0.25, 0.3) is 0 Å². The Balaban J connectivity index is 1.40. The van der Waals surface area contributed by atoms with E-state index in [-0.39, 0.29) is 41.7 Å². The zero-order valence-corrected chi connectivity index (χ0v) is 19.3. The van der Waals surface area contributed by atoms with Gasteiger partial charge in [0.1, 0.15) is 11.7 Å². The molecule has 2 saturated carbocycles. The molecular weight excluding hydrogens is 388 g/mol. The maximum atomic E-state index is 13.1. The Bertz CT molecular complexity index is 992. The van der Waals surface area contributed by atoms with Gasteiger partial charge in [-0.3, -0.25) is 9.59 Å². The van der Waals surface area contributed by atoms with E-state index in [1.165, 1.54) is 10.9 Å². The fourth-order valence-electron chi connectivity index (χ4n) is 5.21. The summed E-state index contributed by atoms with van der Waals surface area (Å²) in [5, 5.41) is 2.34. The van der Waals surface area contributed by atoms with E-state index < -0.39 is 5.60 Å². The van der Waals surface area contributed by atoms with E-state index >= 15 is 0 Å². The summed E-state index contributed by atoms with van der Waals surface area (Å²) in [5.74, 6) is 0.155. The van der Waals surface area contributed by atoms with Gasteiger partial charge < -0.3 is 9.47 Å². The van der Waals surface area contributed by atoms with Crippen molar-refractivity contribution < 1.29 is 19.1 Å². The molecule has 2 aromatic rings. The molecule has 0 spiro atoms. The average molecular weight is 423 g/mol. The standard InChI is InChI=1S/C27H34O4/c1-6-17(3)25(28)30-24-15-20-12-21(24)14-23(20)26(29)31-27(4,5)22-10-9-18-11-16(2)7-8-19(18)13-22/h7-11,13,17,20-21,23-24H,6,12,14-15H2,1-5H3. The highest BCUT2D eigenvalue weighted by Crippen LogP contribution is 2.50. The second-order valence-electron chi connectivity index (χ2n) is 10.1. The molecule has 0 aliphatic heterocycles. The molecule has 2 fully saturated rings. The fraction of sp³-hybridized carbons (Fsp3) is 0.556. The minimum absolute atomic E-state index is 0.0347. The third-order valence-electron chi connectivity index (χ3n) is 7.42. The molecule has 166 valence electrons. The Morgan fingerprint density at radius 1 is 1.03 bits per heavy atom. The third-order valence-corrected chi connectivity index (χ3v) is 7.42. The fourth-order valence-corrected chi connectivity index (χ4v) is 5.21. The maximum Gasteiger partial charge on any atom is 0.310 e. The summed E-state index contributed by atoms with van der Waals surface area (Å²) in [5.41, 5.74) is 1.54. The van der Waals surface area contributed by atoms with Crippen LogP contribution in [0.2, 0.25) is 0 Å². The normalized spacial score (nSPS) is 26.1. The lowest BCUT2D eigenvalue weighted by molar-refractivity contribution is -0.166. The monoisotopic (exact) mass is 422 g/mol. The van der Waals surface area contributed by atoms with E-state index in [1.807, 2.05) is 27.7 Å². The summed E-state index contributed by atoms with van der Waals surface area (Å²) in [6, 6.07) is 12.7. The highest BCUT2D eigenvalue weighted by molar-refractivity contribution is 5.84. The van der Waals surface area contributed by atoms with Crippen LogP contribution in [-0.2, 0) is 24.7 Å². The molecule has 31 heavy (non-hydrogen) atoms. The molecule has 2 aliphatic carbocycles. The van der Waals surface area contributed by atoms with Crippen molar-refractivity contribution >= 4 is 22.7 Å². The first-order chi connectivity index (χ1) is 14.7. The Morgan fingerprint density at radius 2 is 1.74 bits per heavy atom. The molecule has 4 nitrogen and oxygen atoms in total. The first-order valence-electron chi connectivity index (χ1n) is 11.6. The molecule has 0 radical (unpaired) electrons. The van der Waals surface area contributed by atoms with Crippen LogP contribution in [0.25, 0.3) is 10.8 Å². The predicted octanol–water partition coefficient (Wildman–Crippen LogP) is 5.93. The molecule has 0 heterocycles. The number of hydrogen-bond acceptors (Lipinski definition) is 4. The number of carbonyl (C=O) groups excluding carboxylic acids is 2. The molecule has 4 heteroatoms. The molecule has 0 saturated heterocycles. The van der Waals surface area contributed by atoms with E-state index in [4.69, 9.17) is 9.47 Å². The van der Waals surface area contributed by atoms with Crippen LogP contribution >= 0.6 is 0 Å². The zero-order chi connectivity index (χ0) is 22.3. The average Bonchev–Trinajstić information content (AvgIpc) is 3.32. The summed E-state index contributed by atoms with van der Waals surface area (Å²) in [6.07, 6.45) is 3.25. The van der Waals surface area contributed by atoms with Crippen LogP contribution < -0.4 is 0 Å². The van der Waals surface area contributed by atoms with Crippen LogP contribution in [0.1, 0.15) is 64.5 Å². The van der Waals surface area contributed by atoms with Crippen LogP contribution in [0.4, 0.5) is 0 Å². The first kappa shape index (κ1) is 21.9. The van der Waals surface area contributed by atoms with Crippen LogP contribution in [-0.4, -0.2) is 18.0 Å². The predicted molar refractivity (Wildman–Crippen MR) is 121 cm³/mol. The number of aryl methyl sites for hydroxylation is 1. The number of fused-ring (bicyclic) bond motifs is 3. The van der Waals surface area contributed by atoms with Crippen LogP contribution in [0.5, 0.6) is 0 Å². The second-order valence-corrected chi connectivity index (χ2v) is 10.1. The number of ether oxygens (including phenoxy) is 2. The molecule has 4 rings (SSSR count). The highest BCUT2D eigenvalue weighted by Gasteiger charge is 2.51. The minimum atomic E-state index is -0.694. The van der Waals surface area contributed by atoms with Gasteiger partial charge in [0, 0.05) is 0 Å². The number of carbonyl (C=O) groups is 2. The SMILES string of the molecule is CCC(C)C(=O)OC1CC2CC1CC2C(=O)OC(C)(C)c1ccc2cc(C)ccc2c1. The van der Waals surface area contributed by atoms with Gasteiger partial charge in [0.15, 0.2) is 0 Å². The molecule has 5 unspecified atom stereocenters. The van der Waals surface area contributed by atoms with E-state index in [9.17, 15) is 9.59 Å². The van der Waals surface area contributed by atoms with Crippen molar-refractivity contribution in [2.24, 2.45) is 23.7 Å². The summed E-state index contributed by atoms with van der Waals surface area (Å²) >= 11 is 0. The van der Waals surface area contributed by atoms with Gasteiger partial charge in [-0.15, -0.1) is 0 Å². The van der Waals surface area contributed by atoms with Gasteiger partial charge in [-0.05, 0) is 80.7 Å². The van der Waals surface area contributed by atoms with E-state index in [0.717, 1.165) is 36.6 Å². The lowest BCUT2D eigenvalue weighted by atomic mass is 9.86.